The first-order valence-electron chi connectivity index (χ1n) is 10.3. The number of aromatic nitrogens is 3. The first kappa shape index (κ1) is 22.1. The molecule has 0 saturated carbocycles. The Hall–Kier alpha value is -3.11. The van der Waals surface area contributed by atoms with Crippen LogP contribution in [0.4, 0.5) is 5.69 Å². The van der Waals surface area contributed by atoms with E-state index < -0.39 is 4.92 Å². The van der Waals surface area contributed by atoms with Gasteiger partial charge < -0.3 is 18.8 Å². The number of thioether (sulfide) groups is 1. The van der Waals surface area contributed by atoms with Crippen molar-refractivity contribution in [2.24, 2.45) is 0 Å². The van der Waals surface area contributed by atoms with Crippen LogP contribution in [-0.2, 0) is 23.6 Å². The smallest absolute Gasteiger partial charge is 0.270 e. The third-order valence-electron chi connectivity index (χ3n) is 5.14. The van der Waals surface area contributed by atoms with Crippen LogP contribution in [0.2, 0.25) is 0 Å². The molecule has 0 saturated heterocycles. The maximum absolute atomic E-state index is 11.4. The molecule has 168 valence electrons. The number of rotatable bonds is 9. The molecule has 0 fully saturated rings. The molecule has 3 aromatic rings. The van der Waals surface area contributed by atoms with E-state index in [9.17, 15) is 10.1 Å². The van der Waals surface area contributed by atoms with Crippen molar-refractivity contribution in [3.8, 4) is 22.9 Å². The Balaban J connectivity index is 1.62. The molecule has 0 amide bonds. The summed E-state index contributed by atoms with van der Waals surface area (Å²) in [5, 5.41) is 21.0. The number of benzene rings is 2. The van der Waals surface area contributed by atoms with Gasteiger partial charge in [0.05, 0.1) is 18.6 Å². The fraction of sp³-hybridized carbons (Fsp3) is 0.364. The predicted molar refractivity (Wildman–Crippen MR) is 120 cm³/mol. The summed E-state index contributed by atoms with van der Waals surface area (Å²) < 4.78 is 18.3. The van der Waals surface area contributed by atoms with Crippen molar-refractivity contribution in [2.75, 3.05) is 13.9 Å². The minimum atomic E-state index is -0.394. The molecule has 0 bridgehead atoms. The Morgan fingerprint density at radius 2 is 2.06 bits per heavy atom. The molecular formula is C22H24N4O5S. The van der Waals surface area contributed by atoms with Gasteiger partial charge in [-0.2, -0.15) is 0 Å². The highest BCUT2D eigenvalue weighted by Crippen LogP contribution is 2.36. The molecule has 0 aliphatic carbocycles. The molecule has 0 N–H and O–H groups in total. The number of unbranched alkanes of at least 4 members (excludes halogenated alkanes) is 1. The van der Waals surface area contributed by atoms with E-state index in [4.69, 9.17) is 14.2 Å². The lowest BCUT2D eigenvalue weighted by molar-refractivity contribution is -0.385. The van der Waals surface area contributed by atoms with Crippen LogP contribution in [0.5, 0.6) is 11.5 Å². The molecule has 32 heavy (non-hydrogen) atoms. The maximum atomic E-state index is 11.4. The van der Waals surface area contributed by atoms with Crippen molar-refractivity contribution in [3.63, 3.8) is 0 Å². The van der Waals surface area contributed by atoms with Crippen LogP contribution < -0.4 is 9.47 Å². The zero-order chi connectivity index (χ0) is 22.5. The first-order valence-corrected chi connectivity index (χ1v) is 11.3. The van der Waals surface area contributed by atoms with Gasteiger partial charge in [-0.25, -0.2) is 0 Å². The number of fused-ring (bicyclic) bond motifs is 1. The largest absolute Gasteiger partial charge is 0.497 e. The molecule has 0 unspecified atom stereocenters. The van der Waals surface area contributed by atoms with Crippen LogP contribution in [0.3, 0.4) is 0 Å². The average Bonchev–Trinajstić information content (AvgIpc) is 3.23. The number of hydrogen-bond acceptors (Lipinski definition) is 8. The number of nitro groups is 1. The number of ether oxygens (including phenoxy) is 3. The van der Waals surface area contributed by atoms with Gasteiger partial charge in [0.15, 0.2) is 17.8 Å². The Morgan fingerprint density at radius 1 is 1.25 bits per heavy atom. The third kappa shape index (κ3) is 4.71. The molecule has 4 rings (SSSR count). The predicted octanol–water partition coefficient (Wildman–Crippen LogP) is 4.82. The van der Waals surface area contributed by atoms with E-state index in [1.165, 1.54) is 17.8 Å². The molecular weight excluding hydrogens is 432 g/mol. The van der Waals surface area contributed by atoms with Crippen LogP contribution in [-0.4, -0.2) is 33.6 Å². The van der Waals surface area contributed by atoms with Gasteiger partial charge in [-0.05, 0) is 30.7 Å². The Kier molecular flexibility index (Phi) is 6.91. The lowest BCUT2D eigenvalue weighted by atomic mass is 10.1. The van der Waals surface area contributed by atoms with Crippen molar-refractivity contribution >= 4 is 17.4 Å². The standard InChI is InChI=1S/C22H24N4O5S/c1-3-4-9-25-21(15-5-7-19(29-2)8-6-15)23-24-22(25)32-13-17-11-18(26(27)28)10-16-12-30-14-31-20(16)17/h5-8,10-11H,3-4,9,12-14H2,1-2H3. The molecule has 0 atom stereocenters. The maximum Gasteiger partial charge on any atom is 0.270 e. The van der Waals surface area contributed by atoms with Crippen LogP contribution in [0.1, 0.15) is 30.9 Å². The van der Waals surface area contributed by atoms with Crippen molar-refractivity contribution < 1.29 is 19.1 Å². The highest BCUT2D eigenvalue weighted by molar-refractivity contribution is 7.98. The Bertz CT molecular complexity index is 1100. The molecule has 10 heteroatoms. The quantitative estimate of drug-likeness (QED) is 0.257. The summed E-state index contributed by atoms with van der Waals surface area (Å²) in [6.07, 6.45) is 2.03. The highest BCUT2D eigenvalue weighted by Gasteiger charge is 2.22. The van der Waals surface area contributed by atoms with E-state index in [2.05, 4.69) is 21.7 Å². The van der Waals surface area contributed by atoms with Crippen molar-refractivity contribution in [2.45, 2.75) is 43.8 Å². The molecule has 0 spiro atoms. The Labute approximate surface area is 189 Å². The summed E-state index contributed by atoms with van der Waals surface area (Å²) in [5.41, 5.74) is 2.42. The molecule has 1 aromatic heterocycles. The fourth-order valence-corrected chi connectivity index (χ4v) is 4.43. The second-order valence-corrected chi connectivity index (χ2v) is 8.23. The monoisotopic (exact) mass is 456 g/mol. The average molecular weight is 457 g/mol. The van der Waals surface area contributed by atoms with E-state index >= 15 is 0 Å². The van der Waals surface area contributed by atoms with Gasteiger partial charge >= 0.3 is 0 Å². The fourth-order valence-electron chi connectivity index (χ4n) is 3.50. The first-order chi connectivity index (χ1) is 15.6. The van der Waals surface area contributed by atoms with Gasteiger partial charge in [-0.15, -0.1) is 10.2 Å². The minimum Gasteiger partial charge on any atom is -0.497 e. The number of nitro benzene ring substituents is 1. The zero-order valence-electron chi connectivity index (χ0n) is 17.9. The van der Waals surface area contributed by atoms with E-state index in [0.29, 0.717) is 23.7 Å². The van der Waals surface area contributed by atoms with Crippen LogP contribution in [0.25, 0.3) is 11.4 Å². The third-order valence-corrected chi connectivity index (χ3v) is 6.16. The molecule has 1 aliphatic heterocycles. The van der Waals surface area contributed by atoms with Gasteiger partial charge in [-0.3, -0.25) is 10.1 Å². The second kappa shape index (κ2) is 10.0. The SMILES string of the molecule is CCCCn1c(SCc2cc([N+](=O)[O-])cc3c2OCOC3)nnc1-c1ccc(OC)cc1. The van der Waals surface area contributed by atoms with Gasteiger partial charge in [0.1, 0.15) is 11.5 Å². The number of nitrogens with zero attached hydrogens (tertiary/aromatic N) is 4. The summed E-state index contributed by atoms with van der Waals surface area (Å²) in [5.74, 6) is 2.69. The van der Waals surface area contributed by atoms with Gasteiger partial charge in [-0.1, -0.05) is 25.1 Å². The van der Waals surface area contributed by atoms with Crippen molar-refractivity contribution in [3.05, 3.63) is 57.6 Å². The summed E-state index contributed by atoms with van der Waals surface area (Å²) in [6.45, 7) is 3.35. The van der Waals surface area contributed by atoms with E-state index in [1.54, 1.807) is 13.2 Å². The van der Waals surface area contributed by atoms with Gasteiger partial charge in [0.2, 0.25) is 0 Å². The minimum absolute atomic E-state index is 0.0276. The summed E-state index contributed by atoms with van der Waals surface area (Å²) >= 11 is 1.49. The molecule has 2 heterocycles. The molecule has 0 radical (unpaired) electrons. The number of non-ortho nitro benzene ring substituents is 1. The lowest BCUT2D eigenvalue weighted by Gasteiger charge is -2.20. The summed E-state index contributed by atoms with van der Waals surface area (Å²) in [6, 6.07) is 10.8. The van der Waals surface area contributed by atoms with E-state index in [0.717, 1.165) is 47.2 Å². The number of methoxy groups -OCH3 is 1. The molecule has 2 aromatic carbocycles. The normalized spacial score (nSPS) is 12.8. The highest BCUT2D eigenvalue weighted by atomic mass is 32.2. The van der Waals surface area contributed by atoms with Gasteiger partial charge in [0.25, 0.3) is 5.69 Å². The van der Waals surface area contributed by atoms with Crippen LogP contribution in [0.15, 0.2) is 41.6 Å². The lowest BCUT2D eigenvalue weighted by Crippen LogP contribution is -2.13. The van der Waals surface area contributed by atoms with Crippen LogP contribution in [0, 0.1) is 10.1 Å². The summed E-state index contributed by atoms with van der Waals surface area (Å²) in [4.78, 5) is 11.0. The van der Waals surface area contributed by atoms with Gasteiger partial charge in [0, 0.05) is 41.1 Å². The van der Waals surface area contributed by atoms with Crippen molar-refractivity contribution in [1.29, 1.82) is 0 Å². The zero-order valence-corrected chi connectivity index (χ0v) is 18.8. The van der Waals surface area contributed by atoms with Crippen LogP contribution >= 0.6 is 11.8 Å². The van der Waals surface area contributed by atoms with E-state index in [1.807, 2.05) is 24.3 Å². The molecule has 9 nitrogen and oxygen atoms in total. The summed E-state index contributed by atoms with van der Waals surface area (Å²) in [7, 11) is 1.63. The number of hydrogen-bond donors (Lipinski definition) is 0. The molecule has 1 aliphatic rings. The van der Waals surface area contributed by atoms with Crippen molar-refractivity contribution in [1.82, 2.24) is 14.8 Å². The van der Waals surface area contributed by atoms with E-state index in [-0.39, 0.29) is 12.5 Å². The Morgan fingerprint density at radius 3 is 2.78 bits per heavy atom. The second-order valence-electron chi connectivity index (χ2n) is 7.29. The topological polar surface area (TPSA) is 102 Å².